The van der Waals surface area contributed by atoms with Crippen LogP contribution in [0.2, 0.25) is 0 Å². The van der Waals surface area contributed by atoms with Crippen LogP contribution in [0.15, 0.2) is 35.3 Å². The highest BCUT2D eigenvalue weighted by atomic mass is 16.2. The quantitative estimate of drug-likeness (QED) is 0.782. The molecule has 1 amide bonds. The Balaban J connectivity index is 1.35. The van der Waals surface area contributed by atoms with Crippen LogP contribution in [0.3, 0.4) is 0 Å². The number of hydrogen-bond acceptors (Lipinski definition) is 6. The van der Waals surface area contributed by atoms with Gasteiger partial charge in [-0.25, -0.2) is 9.67 Å². The van der Waals surface area contributed by atoms with Gasteiger partial charge >= 0.3 is 0 Å². The van der Waals surface area contributed by atoms with Gasteiger partial charge in [0, 0.05) is 51.0 Å². The van der Waals surface area contributed by atoms with Gasteiger partial charge in [0.1, 0.15) is 12.4 Å². The van der Waals surface area contributed by atoms with E-state index in [4.69, 9.17) is 0 Å². The molecule has 8 nitrogen and oxygen atoms in total. The lowest BCUT2D eigenvalue weighted by atomic mass is 10.3. The Bertz CT molecular complexity index is 898. The fourth-order valence-electron chi connectivity index (χ4n) is 3.81. The Morgan fingerprint density at radius 1 is 1.04 bits per heavy atom. The van der Waals surface area contributed by atoms with Gasteiger partial charge in [-0.1, -0.05) is 6.07 Å². The zero-order valence-electron chi connectivity index (χ0n) is 16.3. The minimum atomic E-state index is -0.222. The van der Waals surface area contributed by atoms with E-state index in [-0.39, 0.29) is 18.0 Å². The first kappa shape index (κ1) is 18.5. The molecule has 28 heavy (non-hydrogen) atoms. The summed E-state index contributed by atoms with van der Waals surface area (Å²) in [7, 11) is 0. The van der Waals surface area contributed by atoms with Gasteiger partial charge in [-0.2, -0.15) is 5.10 Å². The van der Waals surface area contributed by atoms with Crippen molar-refractivity contribution in [3.05, 3.63) is 46.5 Å². The first-order chi connectivity index (χ1) is 13.6. The number of amides is 1. The van der Waals surface area contributed by atoms with E-state index >= 15 is 0 Å². The Hall–Kier alpha value is -2.90. The number of aromatic nitrogens is 3. The number of nitrogens with zero attached hydrogens (tertiary/aromatic N) is 6. The maximum atomic E-state index is 12.6. The van der Waals surface area contributed by atoms with E-state index in [2.05, 4.69) is 19.9 Å². The predicted octanol–water partition coefficient (Wildman–Crippen LogP) is 0.896. The molecule has 148 valence electrons. The number of anilines is 2. The number of carbonyl (C=O) groups excluding carboxylic acids is 1. The van der Waals surface area contributed by atoms with Gasteiger partial charge in [0.25, 0.3) is 5.56 Å². The molecule has 0 saturated carbocycles. The largest absolute Gasteiger partial charge is 0.370 e. The lowest BCUT2D eigenvalue weighted by molar-refractivity contribution is -0.132. The van der Waals surface area contributed by atoms with Crippen molar-refractivity contribution in [1.82, 2.24) is 19.7 Å². The summed E-state index contributed by atoms with van der Waals surface area (Å²) in [6, 6.07) is 7.56. The first-order valence-corrected chi connectivity index (χ1v) is 9.89. The van der Waals surface area contributed by atoms with Gasteiger partial charge in [-0.05, 0) is 31.9 Å². The summed E-state index contributed by atoms with van der Waals surface area (Å²) in [4.78, 5) is 35.7. The molecule has 2 saturated heterocycles. The monoisotopic (exact) mass is 382 g/mol. The molecule has 2 aromatic rings. The van der Waals surface area contributed by atoms with Crippen LogP contribution in [0.25, 0.3) is 0 Å². The first-order valence-electron chi connectivity index (χ1n) is 9.89. The Kier molecular flexibility index (Phi) is 5.27. The van der Waals surface area contributed by atoms with Crippen LogP contribution in [0.5, 0.6) is 0 Å². The minimum absolute atomic E-state index is 0.0121. The second-order valence-electron chi connectivity index (χ2n) is 7.41. The topological polar surface area (TPSA) is 74.6 Å². The van der Waals surface area contributed by atoms with Gasteiger partial charge in [0.15, 0.2) is 0 Å². The lowest BCUT2D eigenvalue weighted by Crippen LogP contribution is -2.50. The van der Waals surface area contributed by atoms with Crippen molar-refractivity contribution in [3.63, 3.8) is 0 Å². The summed E-state index contributed by atoms with van der Waals surface area (Å²) in [5.74, 6) is 0.878. The number of pyridine rings is 1. The summed E-state index contributed by atoms with van der Waals surface area (Å²) in [6.07, 6.45) is 3.98. The fraction of sp³-hybridized carbons (Fsp3) is 0.500. The molecule has 2 aliphatic heterocycles. The Morgan fingerprint density at radius 3 is 2.46 bits per heavy atom. The molecule has 0 aromatic carbocycles. The molecule has 0 radical (unpaired) electrons. The third kappa shape index (κ3) is 4.00. The molecule has 8 heteroatoms. The number of hydrogen-bond donors (Lipinski definition) is 0. The van der Waals surface area contributed by atoms with Crippen LogP contribution in [0, 0.1) is 6.92 Å². The molecule has 0 unspecified atom stereocenters. The van der Waals surface area contributed by atoms with Crippen LogP contribution >= 0.6 is 0 Å². The second-order valence-corrected chi connectivity index (χ2v) is 7.41. The predicted molar refractivity (Wildman–Crippen MR) is 108 cm³/mol. The van der Waals surface area contributed by atoms with Crippen molar-refractivity contribution in [2.45, 2.75) is 26.3 Å². The lowest BCUT2D eigenvalue weighted by Gasteiger charge is -2.35. The van der Waals surface area contributed by atoms with Crippen molar-refractivity contribution < 1.29 is 4.79 Å². The smallest absolute Gasteiger partial charge is 0.269 e. The van der Waals surface area contributed by atoms with Crippen LogP contribution in [-0.2, 0) is 11.3 Å². The van der Waals surface area contributed by atoms with Gasteiger partial charge in [-0.15, -0.1) is 0 Å². The highest BCUT2D eigenvalue weighted by Gasteiger charge is 2.23. The molecule has 4 heterocycles. The zero-order valence-corrected chi connectivity index (χ0v) is 16.3. The van der Waals surface area contributed by atoms with Crippen LogP contribution < -0.4 is 15.4 Å². The SMILES string of the molecule is Cc1cccc(N2CCN(C(=O)Cn3ncc(N4CCCC4)cc3=O)CC2)n1. The third-order valence-corrected chi connectivity index (χ3v) is 5.44. The van der Waals surface area contributed by atoms with Crippen molar-refractivity contribution in [2.24, 2.45) is 0 Å². The van der Waals surface area contributed by atoms with E-state index in [0.29, 0.717) is 13.1 Å². The Labute approximate surface area is 164 Å². The molecule has 2 fully saturated rings. The Morgan fingerprint density at radius 2 is 1.79 bits per heavy atom. The highest BCUT2D eigenvalue weighted by molar-refractivity contribution is 5.76. The van der Waals surface area contributed by atoms with E-state index in [0.717, 1.165) is 56.2 Å². The average molecular weight is 382 g/mol. The number of aryl methyl sites for hydroxylation is 1. The van der Waals surface area contributed by atoms with E-state index in [1.54, 1.807) is 17.2 Å². The van der Waals surface area contributed by atoms with Gasteiger partial charge in [0.05, 0.1) is 11.9 Å². The van der Waals surface area contributed by atoms with Crippen molar-refractivity contribution >= 4 is 17.4 Å². The molecule has 0 bridgehead atoms. The maximum Gasteiger partial charge on any atom is 0.269 e. The van der Waals surface area contributed by atoms with Gasteiger partial charge in [0.2, 0.25) is 5.91 Å². The summed E-state index contributed by atoms with van der Waals surface area (Å²) < 4.78 is 1.26. The average Bonchev–Trinajstić information content (AvgIpc) is 3.24. The van der Waals surface area contributed by atoms with E-state index in [1.807, 2.05) is 25.1 Å². The second kappa shape index (κ2) is 8.00. The van der Waals surface area contributed by atoms with E-state index in [9.17, 15) is 9.59 Å². The molecule has 0 spiro atoms. The molecular weight excluding hydrogens is 356 g/mol. The number of carbonyl (C=O) groups is 1. The molecule has 2 aliphatic rings. The van der Waals surface area contributed by atoms with Crippen LogP contribution in [-0.4, -0.2) is 64.8 Å². The molecule has 0 N–H and O–H groups in total. The normalized spacial score (nSPS) is 17.2. The van der Waals surface area contributed by atoms with E-state index < -0.39 is 0 Å². The molecular formula is C20H26N6O2. The van der Waals surface area contributed by atoms with E-state index in [1.165, 1.54) is 4.68 Å². The van der Waals surface area contributed by atoms with Crippen molar-refractivity contribution in [2.75, 3.05) is 49.1 Å². The number of piperazine rings is 1. The summed E-state index contributed by atoms with van der Waals surface area (Å²) >= 11 is 0. The standard InChI is InChI=1S/C20H26N6O2/c1-16-5-4-6-18(22-16)24-9-11-25(12-10-24)20(28)15-26-19(27)13-17(14-21-26)23-7-2-3-8-23/h4-6,13-14H,2-3,7-12,15H2,1H3. The highest BCUT2D eigenvalue weighted by Crippen LogP contribution is 2.17. The molecule has 4 rings (SSSR count). The summed E-state index contributed by atoms with van der Waals surface area (Å²) in [5.41, 5.74) is 1.62. The minimum Gasteiger partial charge on any atom is -0.370 e. The summed E-state index contributed by atoms with van der Waals surface area (Å²) in [6.45, 7) is 6.60. The molecule has 0 aliphatic carbocycles. The fourth-order valence-corrected chi connectivity index (χ4v) is 3.81. The number of rotatable bonds is 4. The summed E-state index contributed by atoms with van der Waals surface area (Å²) in [5, 5.41) is 4.22. The zero-order chi connectivity index (χ0) is 19.5. The molecule has 2 aromatic heterocycles. The van der Waals surface area contributed by atoms with Gasteiger partial charge in [-0.3, -0.25) is 9.59 Å². The van der Waals surface area contributed by atoms with Crippen LogP contribution in [0.4, 0.5) is 11.5 Å². The maximum absolute atomic E-state index is 12.6. The molecule has 0 atom stereocenters. The van der Waals surface area contributed by atoms with Crippen molar-refractivity contribution in [1.29, 1.82) is 0 Å². The van der Waals surface area contributed by atoms with Crippen molar-refractivity contribution in [3.8, 4) is 0 Å². The van der Waals surface area contributed by atoms with Gasteiger partial charge < -0.3 is 14.7 Å². The van der Waals surface area contributed by atoms with Crippen LogP contribution in [0.1, 0.15) is 18.5 Å². The third-order valence-electron chi connectivity index (χ3n) is 5.44.